The predicted molar refractivity (Wildman–Crippen MR) is 98.9 cm³/mol. The topological polar surface area (TPSA) is 36.9 Å². The van der Waals surface area contributed by atoms with Crippen molar-refractivity contribution in [1.29, 1.82) is 0 Å². The number of thiocarbonyl (C=S) groups is 1. The van der Waals surface area contributed by atoms with Crippen molar-refractivity contribution in [2.24, 2.45) is 5.10 Å². The molecule has 23 heavy (non-hydrogen) atoms. The first kappa shape index (κ1) is 16.1. The Labute approximate surface area is 149 Å². The maximum Gasteiger partial charge on any atom is 0.169 e. The summed E-state index contributed by atoms with van der Waals surface area (Å²) >= 11 is 17.2. The quantitative estimate of drug-likeness (QED) is 0.808. The van der Waals surface area contributed by atoms with E-state index in [2.05, 4.69) is 10.5 Å². The van der Waals surface area contributed by atoms with Crippen LogP contribution in [0.1, 0.15) is 0 Å². The van der Waals surface area contributed by atoms with Gasteiger partial charge in [-0.2, -0.15) is 5.10 Å². The summed E-state index contributed by atoms with van der Waals surface area (Å²) < 4.78 is 5.77. The highest BCUT2D eigenvalue weighted by Crippen LogP contribution is 2.31. The van der Waals surface area contributed by atoms with Gasteiger partial charge < -0.3 is 4.74 Å². The minimum Gasteiger partial charge on any atom is -0.484 e. The Morgan fingerprint density at radius 3 is 2.70 bits per heavy atom. The van der Waals surface area contributed by atoms with Crippen molar-refractivity contribution in [2.45, 2.75) is 6.17 Å². The van der Waals surface area contributed by atoms with Crippen LogP contribution in [0.4, 0.5) is 5.69 Å². The highest BCUT2D eigenvalue weighted by Gasteiger charge is 2.27. The third-order valence-electron chi connectivity index (χ3n) is 3.32. The molecule has 0 saturated carbocycles. The van der Waals surface area contributed by atoms with Crippen molar-refractivity contribution in [3.05, 3.63) is 58.6 Å². The van der Waals surface area contributed by atoms with E-state index in [1.54, 1.807) is 23.6 Å². The van der Waals surface area contributed by atoms with Crippen LogP contribution < -0.4 is 15.1 Å². The number of amidine groups is 1. The molecule has 0 saturated heterocycles. The lowest BCUT2D eigenvalue weighted by Gasteiger charge is -2.24. The van der Waals surface area contributed by atoms with Crippen LogP contribution in [0.3, 0.4) is 0 Å². The molecular weight excluding hydrogens is 353 g/mol. The van der Waals surface area contributed by atoms with Crippen LogP contribution >= 0.6 is 35.4 Å². The van der Waals surface area contributed by atoms with Crippen LogP contribution in [0.2, 0.25) is 10.0 Å². The lowest BCUT2D eigenvalue weighted by atomic mass is 10.2. The van der Waals surface area contributed by atoms with Gasteiger partial charge in [0.2, 0.25) is 0 Å². The van der Waals surface area contributed by atoms with Crippen LogP contribution in [-0.4, -0.2) is 24.0 Å². The van der Waals surface area contributed by atoms with Crippen LogP contribution in [0.5, 0.6) is 5.75 Å². The number of para-hydroxylation sites is 1. The molecule has 1 heterocycles. The number of nitrogens with one attached hydrogen (secondary N) is 1. The van der Waals surface area contributed by atoms with E-state index >= 15 is 0 Å². The first-order valence-electron chi connectivity index (χ1n) is 6.89. The van der Waals surface area contributed by atoms with Gasteiger partial charge in [-0.15, -0.1) is 0 Å². The van der Waals surface area contributed by atoms with E-state index in [-0.39, 0.29) is 12.8 Å². The monoisotopic (exact) mass is 365 g/mol. The lowest BCUT2D eigenvalue weighted by Crippen LogP contribution is -2.42. The molecule has 1 aliphatic heterocycles. The molecule has 2 aromatic rings. The third-order valence-corrected chi connectivity index (χ3v) is 4.38. The standard InChI is InChI=1S/C16H13Cl2N3OS/c17-12-7-4-8-13(16(12)18)22-9-14-19-20-15(10-23)21(14)11-5-2-1-3-6-11/h1-8,10,15,20H,9H2. The van der Waals surface area contributed by atoms with Crippen molar-refractivity contribution in [3.8, 4) is 5.75 Å². The van der Waals surface area contributed by atoms with E-state index in [0.29, 0.717) is 21.6 Å². The Morgan fingerprint density at radius 2 is 1.96 bits per heavy atom. The van der Waals surface area contributed by atoms with E-state index in [9.17, 15) is 0 Å². The van der Waals surface area contributed by atoms with Crippen LogP contribution in [-0.2, 0) is 0 Å². The van der Waals surface area contributed by atoms with E-state index < -0.39 is 0 Å². The molecule has 7 heteroatoms. The fraction of sp³-hybridized carbons (Fsp3) is 0.125. The van der Waals surface area contributed by atoms with Gasteiger partial charge in [0, 0.05) is 11.1 Å². The molecule has 0 aliphatic carbocycles. The number of rotatable bonds is 5. The van der Waals surface area contributed by atoms with Gasteiger partial charge >= 0.3 is 0 Å². The molecule has 0 spiro atoms. The zero-order valence-electron chi connectivity index (χ0n) is 11.9. The number of nitrogens with zero attached hydrogens (tertiary/aromatic N) is 2. The van der Waals surface area contributed by atoms with Gasteiger partial charge in [0.05, 0.1) is 5.02 Å². The second-order valence-corrected chi connectivity index (χ2v) is 5.84. The zero-order valence-corrected chi connectivity index (χ0v) is 14.3. The van der Waals surface area contributed by atoms with Gasteiger partial charge in [0.15, 0.2) is 5.84 Å². The van der Waals surface area contributed by atoms with Crippen molar-refractivity contribution in [2.75, 3.05) is 11.5 Å². The van der Waals surface area contributed by atoms with Crippen molar-refractivity contribution >= 4 is 52.3 Å². The fourth-order valence-electron chi connectivity index (χ4n) is 2.24. The Kier molecular flexibility index (Phi) is 5.00. The van der Waals surface area contributed by atoms with Crippen molar-refractivity contribution in [1.82, 2.24) is 5.43 Å². The van der Waals surface area contributed by atoms with Gasteiger partial charge in [-0.05, 0) is 24.3 Å². The summed E-state index contributed by atoms with van der Waals surface area (Å²) in [4.78, 5) is 1.98. The normalized spacial score (nSPS) is 16.7. The Hall–Kier alpha value is -1.82. The summed E-state index contributed by atoms with van der Waals surface area (Å²) in [7, 11) is 0. The molecule has 0 aromatic heterocycles. The Balaban J connectivity index is 1.79. The number of hydrogen-bond donors (Lipinski definition) is 1. The van der Waals surface area contributed by atoms with E-state index in [4.69, 9.17) is 40.2 Å². The molecule has 0 bridgehead atoms. The molecule has 118 valence electrons. The maximum absolute atomic E-state index is 6.14. The average molecular weight is 366 g/mol. The van der Waals surface area contributed by atoms with Crippen molar-refractivity contribution < 1.29 is 4.74 Å². The number of ether oxygens (including phenoxy) is 1. The number of halogens is 2. The molecule has 4 nitrogen and oxygen atoms in total. The van der Waals surface area contributed by atoms with Gasteiger partial charge in [0.1, 0.15) is 23.5 Å². The van der Waals surface area contributed by atoms with Crippen LogP contribution in [0.25, 0.3) is 0 Å². The Bertz CT molecular complexity index is 739. The molecule has 1 N–H and O–H groups in total. The maximum atomic E-state index is 6.14. The largest absolute Gasteiger partial charge is 0.484 e. The molecule has 1 atom stereocenters. The lowest BCUT2D eigenvalue weighted by molar-refractivity contribution is 0.375. The first-order valence-corrected chi connectivity index (χ1v) is 8.12. The molecule has 2 aromatic carbocycles. The number of hydrogen-bond acceptors (Lipinski definition) is 5. The molecule has 0 fully saturated rings. The summed E-state index contributed by atoms with van der Waals surface area (Å²) in [6.45, 7) is 0.238. The predicted octanol–water partition coefficient (Wildman–Crippen LogP) is 4.12. The molecule has 0 radical (unpaired) electrons. The van der Waals surface area contributed by atoms with Crippen molar-refractivity contribution in [3.63, 3.8) is 0 Å². The summed E-state index contributed by atoms with van der Waals surface area (Å²) in [6, 6.07) is 15.1. The number of benzene rings is 2. The van der Waals surface area contributed by atoms with Gasteiger partial charge in [-0.25, -0.2) is 0 Å². The Morgan fingerprint density at radius 1 is 1.17 bits per heavy atom. The summed E-state index contributed by atoms with van der Waals surface area (Å²) in [5, 5.41) is 6.77. The second kappa shape index (κ2) is 7.17. The molecule has 1 aliphatic rings. The first-order chi connectivity index (χ1) is 11.2. The third kappa shape index (κ3) is 3.42. The minimum absolute atomic E-state index is 0.194. The summed E-state index contributed by atoms with van der Waals surface area (Å²) in [5.41, 5.74) is 3.96. The fourth-order valence-corrected chi connectivity index (χ4v) is 2.77. The van der Waals surface area contributed by atoms with Crippen LogP contribution in [0, 0.1) is 0 Å². The van der Waals surface area contributed by atoms with E-state index in [1.807, 2.05) is 35.2 Å². The molecule has 1 unspecified atom stereocenters. The highest BCUT2D eigenvalue weighted by molar-refractivity contribution is 7.79. The van der Waals surface area contributed by atoms with Gasteiger partial charge in [-0.1, -0.05) is 59.7 Å². The molecular formula is C16H13Cl2N3OS. The number of anilines is 1. The van der Waals surface area contributed by atoms with E-state index in [1.165, 1.54) is 0 Å². The van der Waals surface area contributed by atoms with Gasteiger partial charge in [-0.3, -0.25) is 10.3 Å². The molecule has 3 rings (SSSR count). The van der Waals surface area contributed by atoms with E-state index in [0.717, 1.165) is 5.69 Å². The molecule has 0 amide bonds. The van der Waals surface area contributed by atoms with Crippen LogP contribution in [0.15, 0.2) is 53.6 Å². The highest BCUT2D eigenvalue weighted by atomic mass is 35.5. The summed E-state index contributed by atoms with van der Waals surface area (Å²) in [5.74, 6) is 1.22. The SMILES string of the molecule is S=CC1NN=C(COc2cccc(Cl)c2Cl)N1c1ccccc1. The zero-order chi connectivity index (χ0) is 16.2. The smallest absolute Gasteiger partial charge is 0.169 e. The number of hydrazone groups is 1. The minimum atomic E-state index is -0.194. The average Bonchev–Trinajstić information content (AvgIpc) is 3.00. The summed E-state index contributed by atoms with van der Waals surface area (Å²) in [6.07, 6.45) is -0.194. The second-order valence-electron chi connectivity index (χ2n) is 4.78. The van der Waals surface area contributed by atoms with Gasteiger partial charge in [0.25, 0.3) is 0 Å².